The molecular weight excluding hydrogens is 278 g/mol. The first-order chi connectivity index (χ1) is 9.93. The molecule has 2 N–H and O–H groups in total. The summed E-state index contributed by atoms with van der Waals surface area (Å²) < 4.78 is 9.80. The maximum absolute atomic E-state index is 11.4. The van der Waals surface area contributed by atoms with Gasteiger partial charge in [-0.2, -0.15) is 0 Å². The summed E-state index contributed by atoms with van der Waals surface area (Å²) in [6.07, 6.45) is 0.336. The van der Waals surface area contributed by atoms with Gasteiger partial charge in [0.2, 0.25) is 0 Å². The topological polar surface area (TPSA) is 125 Å². The van der Waals surface area contributed by atoms with Crippen LogP contribution < -0.4 is 15.9 Å². The molecule has 0 atom stereocenters. The highest BCUT2D eigenvalue weighted by Gasteiger charge is 2.18. The van der Waals surface area contributed by atoms with Crippen molar-refractivity contribution in [3.8, 4) is 0 Å². The monoisotopic (exact) mass is 295 g/mol. The Bertz CT molecular complexity index is 541. The average Bonchev–Trinajstić information content (AvgIpc) is 2.43. The Hall–Kier alpha value is -2.12. The van der Waals surface area contributed by atoms with E-state index in [4.69, 9.17) is 15.2 Å². The molecule has 0 fully saturated rings. The van der Waals surface area contributed by atoms with Gasteiger partial charge in [0, 0.05) is 31.0 Å². The summed E-state index contributed by atoms with van der Waals surface area (Å²) in [6.45, 7) is 0.410. The molecule has 1 rings (SSSR count). The lowest BCUT2D eigenvalue weighted by Gasteiger charge is -2.22. The number of aromatic carboxylic acids is 2. The first-order valence-electron chi connectivity index (χ1n) is 6.28. The Kier molecular flexibility index (Phi) is 6.13. The van der Waals surface area contributed by atoms with Crippen molar-refractivity contribution in [3.05, 3.63) is 28.3 Å². The van der Waals surface area contributed by atoms with Crippen molar-refractivity contribution in [2.24, 2.45) is 0 Å². The van der Waals surface area contributed by atoms with Gasteiger partial charge in [-0.25, -0.2) is 0 Å². The summed E-state index contributed by atoms with van der Waals surface area (Å²) >= 11 is 0. The number of benzene rings is 1. The summed E-state index contributed by atoms with van der Waals surface area (Å²) in [5.74, 6) is -2.98. The molecule has 0 amide bonds. The second-order valence-electron chi connectivity index (χ2n) is 4.41. The van der Waals surface area contributed by atoms with E-state index in [0.717, 1.165) is 0 Å². The second kappa shape index (κ2) is 7.61. The van der Waals surface area contributed by atoms with Crippen LogP contribution in [0.15, 0.2) is 6.07 Å². The fraction of sp³-hybridized carbons (Fsp3) is 0.429. The molecule has 0 saturated carbocycles. The minimum atomic E-state index is -1.49. The van der Waals surface area contributed by atoms with E-state index >= 15 is 0 Å². The van der Waals surface area contributed by atoms with Gasteiger partial charge in [0.25, 0.3) is 0 Å². The van der Waals surface area contributed by atoms with Crippen LogP contribution in [0.25, 0.3) is 0 Å². The van der Waals surface area contributed by atoms with Gasteiger partial charge in [0.15, 0.2) is 0 Å². The number of ether oxygens (including phenoxy) is 2. The van der Waals surface area contributed by atoms with E-state index in [0.29, 0.717) is 5.56 Å². The number of methoxy groups -OCH3 is 2. The standard InChI is InChI=1S/C14H19NO6/c1-20-5-3-8-10(13(16)17)7-11(15)9(4-6-21-2)12(8)14(18)19/h7H,3-6,15H2,1-2H3,(H,16,17)(H,18,19)/p-2. The number of hydrogen-bond acceptors (Lipinski definition) is 7. The molecule has 7 nitrogen and oxygen atoms in total. The molecule has 0 aliphatic heterocycles. The number of anilines is 1. The summed E-state index contributed by atoms with van der Waals surface area (Å²) in [7, 11) is 2.90. The van der Waals surface area contributed by atoms with Gasteiger partial charge in [-0.15, -0.1) is 0 Å². The molecule has 0 saturated heterocycles. The molecule has 0 unspecified atom stereocenters. The average molecular weight is 295 g/mol. The fourth-order valence-electron chi connectivity index (χ4n) is 2.16. The normalized spacial score (nSPS) is 10.6. The van der Waals surface area contributed by atoms with Gasteiger partial charge in [-0.05, 0) is 30.0 Å². The maximum atomic E-state index is 11.4. The molecule has 1 aromatic rings. The molecule has 0 bridgehead atoms. The predicted octanol–water partition coefficient (Wildman–Crippen LogP) is -1.63. The Morgan fingerprint density at radius 1 is 1.05 bits per heavy atom. The van der Waals surface area contributed by atoms with E-state index in [-0.39, 0.29) is 48.4 Å². The molecule has 0 radical (unpaired) electrons. The van der Waals surface area contributed by atoms with E-state index in [1.807, 2.05) is 0 Å². The summed E-state index contributed by atoms with van der Waals surface area (Å²) in [6, 6.07) is 1.21. The van der Waals surface area contributed by atoms with Crippen molar-refractivity contribution < 1.29 is 29.3 Å². The van der Waals surface area contributed by atoms with Crippen molar-refractivity contribution in [2.45, 2.75) is 12.8 Å². The van der Waals surface area contributed by atoms with Crippen LogP contribution >= 0.6 is 0 Å². The predicted molar refractivity (Wildman–Crippen MR) is 70.7 cm³/mol. The Balaban J connectivity index is 3.51. The number of carbonyl (C=O) groups excluding carboxylic acids is 2. The number of carbonyl (C=O) groups is 2. The largest absolute Gasteiger partial charge is 0.545 e. The van der Waals surface area contributed by atoms with Crippen molar-refractivity contribution in [3.63, 3.8) is 0 Å². The first-order valence-corrected chi connectivity index (χ1v) is 6.28. The smallest absolute Gasteiger partial charge is 0.0721 e. The number of hydrogen-bond donors (Lipinski definition) is 1. The van der Waals surface area contributed by atoms with Crippen molar-refractivity contribution in [1.29, 1.82) is 0 Å². The zero-order valence-electron chi connectivity index (χ0n) is 11.9. The lowest BCUT2D eigenvalue weighted by Crippen LogP contribution is -2.31. The summed E-state index contributed by atoms with van der Waals surface area (Å²) in [5, 5.41) is 22.6. The fourth-order valence-corrected chi connectivity index (χ4v) is 2.16. The SMILES string of the molecule is COCCc1c(N)cc(C(=O)[O-])c(CCOC)c1C(=O)[O-]. The third-order valence-corrected chi connectivity index (χ3v) is 3.11. The van der Waals surface area contributed by atoms with Crippen LogP contribution in [0.3, 0.4) is 0 Å². The maximum Gasteiger partial charge on any atom is 0.0721 e. The number of rotatable bonds is 8. The van der Waals surface area contributed by atoms with Crippen LogP contribution in [0, 0.1) is 0 Å². The molecule has 116 valence electrons. The minimum Gasteiger partial charge on any atom is -0.545 e. The number of nitrogens with two attached hydrogens (primary N) is 1. The van der Waals surface area contributed by atoms with Crippen LogP contribution in [0.5, 0.6) is 0 Å². The minimum absolute atomic E-state index is 0.0617. The van der Waals surface area contributed by atoms with E-state index in [1.165, 1.54) is 20.3 Å². The number of carboxylic acid groups (broad SMARTS) is 2. The van der Waals surface area contributed by atoms with E-state index in [9.17, 15) is 19.8 Å². The van der Waals surface area contributed by atoms with Crippen molar-refractivity contribution in [2.75, 3.05) is 33.2 Å². The molecule has 0 aliphatic carbocycles. The first kappa shape index (κ1) is 16.9. The van der Waals surface area contributed by atoms with Gasteiger partial charge in [0.05, 0.1) is 25.2 Å². The molecule has 0 aliphatic rings. The van der Waals surface area contributed by atoms with Gasteiger partial charge >= 0.3 is 0 Å². The highest BCUT2D eigenvalue weighted by Crippen LogP contribution is 2.26. The van der Waals surface area contributed by atoms with E-state index in [1.54, 1.807) is 0 Å². The van der Waals surface area contributed by atoms with Crippen LogP contribution in [-0.4, -0.2) is 39.4 Å². The molecule has 0 spiro atoms. The lowest BCUT2D eigenvalue weighted by atomic mass is 9.91. The molecule has 0 heterocycles. The molecule has 1 aromatic carbocycles. The second-order valence-corrected chi connectivity index (χ2v) is 4.41. The zero-order valence-corrected chi connectivity index (χ0v) is 11.9. The summed E-state index contributed by atoms with van der Waals surface area (Å²) in [5.41, 5.74) is 5.74. The van der Waals surface area contributed by atoms with Gasteiger partial charge < -0.3 is 35.0 Å². The van der Waals surface area contributed by atoms with E-state index < -0.39 is 11.9 Å². The Labute approximate surface area is 122 Å². The lowest BCUT2D eigenvalue weighted by molar-refractivity contribution is -0.255. The quantitative estimate of drug-likeness (QED) is 0.571. The van der Waals surface area contributed by atoms with Gasteiger partial charge in [0.1, 0.15) is 0 Å². The van der Waals surface area contributed by atoms with Gasteiger partial charge in [-0.3, -0.25) is 0 Å². The molecular formula is C14H17NO6-2. The van der Waals surface area contributed by atoms with Crippen LogP contribution in [0.2, 0.25) is 0 Å². The molecule has 0 aromatic heterocycles. The Morgan fingerprint density at radius 2 is 1.57 bits per heavy atom. The highest BCUT2D eigenvalue weighted by atomic mass is 16.5. The van der Waals surface area contributed by atoms with Gasteiger partial charge in [-0.1, -0.05) is 0 Å². The third kappa shape index (κ3) is 3.93. The Morgan fingerprint density at radius 3 is 2.00 bits per heavy atom. The number of nitrogen functional groups attached to an aromatic ring is 1. The van der Waals surface area contributed by atoms with Crippen LogP contribution in [-0.2, 0) is 22.3 Å². The van der Waals surface area contributed by atoms with Crippen LogP contribution in [0.1, 0.15) is 31.8 Å². The van der Waals surface area contributed by atoms with Crippen LogP contribution in [0.4, 0.5) is 5.69 Å². The highest BCUT2D eigenvalue weighted by molar-refractivity contribution is 5.98. The zero-order chi connectivity index (χ0) is 16.0. The molecule has 7 heteroatoms. The number of carboxylic acids is 2. The third-order valence-electron chi connectivity index (χ3n) is 3.11. The van der Waals surface area contributed by atoms with E-state index in [2.05, 4.69) is 0 Å². The molecule has 21 heavy (non-hydrogen) atoms. The van der Waals surface area contributed by atoms with Crippen molar-refractivity contribution in [1.82, 2.24) is 0 Å². The summed E-state index contributed by atoms with van der Waals surface area (Å²) in [4.78, 5) is 22.6. The van der Waals surface area contributed by atoms with Crippen molar-refractivity contribution >= 4 is 17.6 Å².